The van der Waals surface area contributed by atoms with Crippen LogP contribution in [0.2, 0.25) is 0 Å². The predicted octanol–water partition coefficient (Wildman–Crippen LogP) is 2.51. The molecule has 0 saturated heterocycles. The van der Waals surface area contributed by atoms with Crippen molar-refractivity contribution in [1.82, 2.24) is 0 Å². The Hall–Kier alpha value is -0.370. The van der Waals surface area contributed by atoms with Crippen LogP contribution >= 0.6 is 0 Å². The molecule has 2 atom stereocenters. The third-order valence-electron chi connectivity index (χ3n) is 4.33. The van der Waals surface area contributed by atoms with Crippen LogP contribution in [-0.2, 0) is 4.79 Å². The third kappa shape index (κ3) is 2.41. The summed E-state index contributed by atoms with van der Waals surface area (Å²) in [5, 5.41) is 0. The molecule has 0 aromatic rings. The Labute approximate surface area is 92.6 Å². The van der Waals surface area contributed by atoms with Gasteiger partial charge in [0.25, 0.3) is 0 Å². The Morgan fingerprint density at radius 2 is 1.60 bits per heavy atom. The number of nitrogens with two attached hydrogens (primary N) is 1. The molecule has 0 bridgehead atoms. The summed E-state index contributed by atoms with van der Waals surface area (Å²) in [7, 11) is 0. The highest BCUT2D eigenvalue weighted by Gasteiger charge is 2.34. The van der Waals surface area contributed by atoms with E-state index in [1.54, 1.807) is 0 Å². The van der Waals surface area contributed by atoms with Crippen molar-refractivity contribution < 1.29 is 4.79 Å². The standard InChI is InChI=1S/C13H23NO/c14-9-11-7-3-4-8-12(11)13(15)10-5-1-2-6-10/h10-12H,1-9,14H2. The molecule has 2 nitrogen and oxygen atoms in total. The first-order valence-electron chi connectivity index (χ1n) is 6.56. The summed E-state index contributed by atoms with van der Waals surface area (Å²) in [6.45, 7) is 0.711. The maximum absolute atomic E-state index is 12.3. The summed E-state index contributed by atoms with van der Waals surface area (Å²) in [6.07, 6.45) is 9.61. The zero-order valence-electron chi connectivity index (χ0n) is 9.58. The monoisotopic (exact) mass is 209 g/mol. The summed E-state index contributed by atoms with van der Waals surface area (Å²) in [5.41, 5.74) is 5.78. The van der Waals surface area contributed by atoms with Crippen molar-refractivity contribution in [1.29, 1.82) is 0 Å². The van der Waals surface area contributed by atoms with Gasteiger partial charge in [0.15, 0.2) is 0 Å². The fraction of sp³-hybridized carbons (Fsp3) is 0.923. The van der Waals surface area contributed by atoms with Crippen LogP contribution in [0.5, 0.6) is 0 Å². The van der Waals surface area contributed by atoms with E-state index < -0.39 is 0 Å². The van der Waals surface area contributed by atoms with Gasteiger partial charge < -0.3 is 5.73 Å². The van der Waals surface area contributed by atoms with E-state index in [9.17, 15) is 4.79 Å². The predicted molar refractivity (Wildman–Crippen MR) is 61.5 cm³/mol. The van der Waals surface area contributed by atoms with Crippen LogP contribution in [0, 0.1) is 17.8 Å². The highest BCUT2D eigenvalue weighted by Crippen LogP contribution is 2.36. The average molecular weight is 209 g/mol. The highest BCUT2D eigenvalue weighted by atomic mass is 16.1. The first kappa shape index (κ1) is 11.1. The van der Waals surface area contributed by atoms with Gasteiger partial charge in [0.1, 0.15) is 5.78 Å². The lowest BCUT2D eigenvalue weighted by Gasteiger charge is -2.31. The molecule has 2 heteroatoms. The normalized spacial score (nSPS) is 33.1. The Kier molecular flexibility index (Phi) is 3.79. The van der Waals surface area contributed by atoms with Gasteiger partial charge in [0, 0.05) is 11.8 Å². The first-order chi connectivity index (χ1) is 7.33. The van der Waals surface area contributed by atoms with E-state index in [1.807, 2.05) is 0 Å². The molecule has 2 saturated carbocycles. The minimum atomic E-state index is 0.312. The summed E-state index contributed by atoms with van der Waals surface area (Å²) < 4.78 is 0. The largest absolute Gasteiger partial charge is 0.330 e. The molecule has 0 heterocycles. The lowest BCUT2D eigenvalue weighted by molar-refractivity contribution is -0.129. The van der Waals surface area contributed by atoms with Crippen LogP contribution in [0.4, 0.5) is 0 Å². The summed E-state index contributed by atoms with van der Waals surface area (Å²) in [6, 6.07) is 0. The minimum absolute atomic E-state index is 0.312. The number of hydrogen-bond donors (Lipinski definition) is 1. The number of ketones is 1. The zero-order valence-corrected chi connectivity index (χ0v) is 9.58. The molecule has 0 aromatic carbocycles. The lowest BCUT2D eigenvalue weighted by Crippen LogP contribution is -2.35. The second-order valence-electron chi connectivity index (χ2n) is 5.27. The minimum Gasteiger partial charge on any atom is -0.330 e. The summed E-state index contributed by atoms with van der Waals surface area (Å²) in [5.74, 6) is 1.75. The SMILES string of the molecule is NCC1CCCCC1C(=O)C1CCCC1. The van der Waals surface area contributed by atoms with E-state index in [2.05, 4.69) is 0 Å². The molecule has 0 aliphatic heterocycles. The molecule has 0 aromatic heterocycles. The van der Waals surface area contributed by atoms with Gasteiger partial charge >= 0.3 is 0 Å². The molecule has 0 radical (unpaired) electrons. The molecule has 86 valence electrons. The van der Waals surface area contributed by atoms with Crippen LogP contribution in [-0.4, -0.2) is 12.3 Å². The van der Waals surface area contributed by atoms with Gasteiger partial charge in [-0.2, -0.15) is 0 Å². The van der Waals surface area contributed by atoms with Crippen molar-refractivity contribution in [3.8, 4) is 0 Å². The molecule has 2 aliphatic rings. The van der Waals surface area contributed by atoms with Gasteiger partial charge in [-0.25, -0.2) is 0 Å². The Balaban J connectivity index is 1.96. The third-order valence-corrected chi connectivity index (χ3v) is 4.33. The molecule has 0 spiro atoms. The quantitative estimate of drug-likeness (QED) is 0.776. The second kappa shape index (κ2) is 5.11. The van der Waals surface area contributed by atoms with Crippen molar-refractivity contribution in [3.05, 3.63) is 0 Å². The Bertz CT molecular complexity index is 221. The van der Waals surface area contributed by atoms with E-state index in [4.69, 9.17) is 5.73 Å². The number of carbonyl (C=O) groups excluding carboxylic acids is 1. The van der Waals surface area contributed by atoms with Crippen LogP contribution < -0.4 is 5.73 Å². The number of hydrogen-bond acceptors (Lipinski definition) is 2. The fourth-order valence-electron chi connectivity index (χ4n) is 3.38. The molecule has 2 rings (SSSR count). The van der Waals surface area contributed by atoms with Crippen LogP contribution in [0.1, 0.15) is 51.4 Å². The van der Waals surface area contributed by atoms with Crippen molar-refractivity contribution in [2.75, 3.05) is 6.54 Å². The average Bonchev–Trinajstić information content (AvgIpc) is 2.81. The van der Waals surface area contributed by atoms with Crippen LogP contribution in [0.3, 0.4) is 0 Å². The maximum atomic E-state index is 12.3. The molecule has 2 unspecified atom stereocenters. The molecule has 2 fully saturated rings. The van der Waals surface area contributed by atoms with Gasteiger partial charge in [0.05, 0.1) is 0 Å². The van der Waals surface area contributed by atoms with Crippen LogP contribution in [0.15, 0.2) is 0 Å². The summed E-state index contributed by atoms with van der Waals surface area (Å²) in [4.78, 5) is 12.3. The van der Waals surface area contributed by atoms with Gasteiger partial charge in [-0.3, -0.25) is 4.79 Å². The van der Waals surface area contributed by atoms with E-state index in [0.717, 1.165) is 19.3 Å². The Morgan fingerprint density at radius 3 is 2.27 bits per heavy atom. The second-order valence-corrected chi connectivity index (χ2v) is 5.27. The Morgan fingerprint density at radius 1 is 1.00 bits per heavy atom. The van der Waals surface area contributed by atoms with Crippen molar-refractivity contribution in [3.63, 3.8) is 0 Å². The molecule has 2 aliphatic carbocycles. The van der Waals surface area contributed by atoms with Crippen LogP contribution in [0.25, 0.3) is 0 Å². The number of Topliss-reactive ketones (excluding diaryl/α,β-unsaturated/α-hetero) is 1. The topological polar surface area (TPSA) is 43.1 Å². The van der Waals surface area contributed by atoms with Crippen molar-refractivity contribution >= 4 is 5.78 Å². The smallest absolute Gasteiger partial charge is 0.139 e. The van der Waals surface area contributed by atoms with Crippen molar-refractivity contribution in [2.24, 2.45) is 23.5 Å². The molecule has 2 N–H and O–H groups in total. The fourth-order valence-corrected chi connectivity index (χ4v) is 3.38. The maximum Gasteiger partial charge on any atom is 0.139 e. The van der Waals surface area contributed by atoms with Crippen molar-refractivity contribution in [2.45, 2.75) is 51.4 Å². The summed E-state index contributed by atoms with van der Waals surface area (Å²) >= 11 is 0. The molecule has 0 amide bonds. The van der Waals surface area contributed by atoms with Gasteiger partial charge in [-0.05, 0) is 38.1 Å². The molecular formula is C13H23NO. The van der Waals surface area contributed by atoms with E-state index >= 15 is 0 Å². The van der Waals surface area contributed by atoms with E-state index in [-0.39, 0.29) is 0 Å². The molecule has 15 heavy (non-hydrogen) atoms. The number of carbonyl (C=O) groups is 1. The van der Waals surface area contributed by atoms with E-state index in [0.29, 0.717) is 30.1 Å². The van der Waals surface area contributed by atoms with Gasteiger partial charge in [-0.15, -0.1) is 0 Å². The van der Waals surface area contributed by atoms with Gasteiger partial charge in [-0.1, -0.05) is 25.7 Å². The lowest BCUT2D eigenvalue weighted by atomic mass is 9.74. The zero-order chi connectivity index (χ0) is 10.7. The molecular weight excluding hydrogens is 186 g/mol. The van der Waals surface area contributed by atoms with Gasteiger partial charge in [0.2, 0.25) is 0 Å². The van der Waals surface area contributed by atoms with E-state index in [1.165, 1.54) is 32.1 Å². The highest BCUT2D eigenvalue weighted by molar-refractivity contribution is 5.84. The first-order valence-corrected chi connectivity index (χ1v) is 6.56. The number of rotatable bonds is 3.